The smallest absolute Gasteiger partial charge is 0.295 e. The number of ketones is 1. The van der Waals surface area contributed by atoms with Crippen molar-refractivity contribution in [3.63, 3.8) is 0 Å². The van der Waals surface area contributed by atoms with Gasteiger partial charge in [0.2, 0.25) is 0 Å². The number of aliphatic hydroxyl groups excluding tert-OH is 1. The van der Waals surface area contributed by atoms with Gasteiger partial charge in [-0.05, 0) is 42.7 Å². The predicted molar refractivity (Wildman–Crippen MR) is 119 cm³/mol. The summed E-state index contributed by atoms with van der Waals surface area (Å²) in [6.07, 6.45) is 0.870. The van der Waals surface area contributed by atoms with Gasteiger partial charge in [0.1, 0.15) is 11.5 Å². The van der Waals surface area contributed by atoms with Gasteiger partial charge in [-0.15, -0.1) is 0 Å². The first-order chi connectivity index (χ1) is 14.9. The van der Waals surface area contributed by atoms with E-state index in [0.29, 0.717) is 22.9 Å². The minimum atomic E-state index is -0.733. The van der Waals surface area contributed by atoms with Crippen LogP contribution in [0.5, 0.6) is 5.75 Å². The second-order valence-corrected chi connectivity index (χ2v) is 7.57. The highest BCUT2D eigenvalue weighted by Gasteiger charge is 2.45. The highest BCUT2D eigenvalue weighted by atomic mass is 35.5. The molecule has 0 aromatic heterocycles. The largest absolute Gasteiger partial charge is 0.507 e. The minimum Gasteiger partial charge on any atom is -0.507 e. The second kappa shape index (κ2) is 9.98. The summed E-state index contributed by atoms with van der Waals surface area (Å²) in [4.78, 5) is 27.2. The Bertz CT molecular complexity index is 1000. The van der Waals surface area contributed by atoms with Crippen LogP contribution in [0.2, 0.25) is 5.02 Å². The van der Waals surface area contributed by atoms with Crippen LogP contribution in [0.4, 0.5) is 0 Å². The van der Waals surface area contributed by atoms with Crippen molar-refractivity contribution in [3.8, 4) is 5.75 Å². The molecule has 7 heteroatoms. The highest BCUT2D eigenvalue weighted by molar-refractivity contribution is 6.46. The first-order valence-corrected chi connectivity index (χ1v) is 10.6. The van der Waals surface area contributed by atoms with Crippen LogP contribution in [-0.4, -0.2) is 48.6 Å². The topological polar surface area (TPSA) is 76.1 Å². The molecule has 1 N–H and O–H groups in total. The molecule has 1 fully saturated rings. The number of aryl methyl sites for hydroxylation is 1. The fraction of sp³-hybridized carbons (Fsp3) is 0.333. The molecule has 0 spiro atoms. The number of aliphatic hydroxyl groups is 1. The molecular formula is C24H26ClNO5. The van der Waals surface area contributed by atoms with Crippen LogP contribution in [0.1, 0.15) is 36.6 Å². The number of hydrogen-bond acceptors (Lipinski definition) is 5. The van der Waals surface area contributed by atoms with E-state index < -0.39 is 17.7 Å². The molecule has 2 aromatic carbocycles. The molecule has 0 bridgehead atoms. The van der Waals surface area contributed by atoms with Crippen molar-refractivity contribution < 1.29 is 24.2 Å². The van der Waals surface area contributed by atoms with Crippen LogP contribution >= 0.6 is 11.6 Å². The van der Waals surface area contributed by atoms with Crippen LogP contribution < -0.4 is 4.74 Å². The third kappa shape index (κ3) is 4.60. The number of carbonyl (C=O) groups excluding carboxylic acids is 2. The molecule has 3 rings (SSSR count). The summed E-state index contributed by atoms with van der Waals surface area (Å²) in [6, 6.07) is 11.7. The van der Waals surface area contributed by atoms with Crippen molar-refractivity contribution >= 4 is 29.1 Å². The highest BCUT2D eigenvalue weighted by Crippen LogP contribution is 2.40. The van der Waals surface area contributed by atoms with Crippen LogP contribution in [0.15, 0.2) is 48.0 Å². The van der Waals surface area contributed by atoms with Gasteiger partial charge in [0.25, 0.3) is 11.7 Å². The van der Waals surface area contributed by atoms with Crippen molar-refractivity contribution in [3.05, 3.63) is 69.8 Å². The summed E-state index contributed by atoms with van der Waals surface area (Å²) in [5.74, 6) is -1.19. The molecule has 0 radical (unpaired) electrons. The fourth-order valence-corrected chi connectivity index (χ4v) is 3.89. The van der Waals surface area contributed by atoms with Crippen LogP contribution in [0.25, 0.3) is 5.76 Å². The summed E-state index contributed by atoms with van der Waals surface area (Å²) in [5.41, 5.74) is 2.25. The van der Waals surface area contributed by atoms with E-state index in [1.54, 1.807) is 12.1 Å². The van der Waals surface area contributed by atoms with Gasteiger partial charge in [0, 0.05) is 19.2 Å². The Hall–Kier alpha value is -2.83. The lowest BCUT2D eigenvalue weighted by Gasteiger charge is -2.25. The second-order valence-electron chi connectivity index (χ2n) is 7.16. The maximum atomic E-state index is 12.9. The summed E-state index contributed by atoms with van der Waals surface area (Å²) < 4.78 is 10.6. The molecule has 2 aromatic rings. The van der Waals surface area contributed by atoms with Gasteiger partial charge in [0.15, 0.2) is 0 Å². The number of likely N-dealkylation sites (tertiary alicyclic amines) is 1. The van der Waals surface area contributed by atoms with Crippen molar-refractivity contribution in [1.82, 2.24) is 4.90 Å². The third-order valence-electron chi connectivity index (χ3n) is 5.29. The van der Waals surface area contributed by atoms with E-state index in [-0.39, 0.29) is 24.5 Å². The maximum Gasteiger partial charge on any atom is 0.295 e. The molecule has 1 atom stereocenters. The molecule has 1 saturated heterocycles. The number of Topliss-reactive ketones (excluding diaryl/α,β-unsaturated/α-hetero) is 1. The number of benzene rings is 2. The zero-order valence-corrected chi connectivity index (χ0v) is 18.6. The van der Waals surface area contributed by atoms with E-state index in [1.165, 1.54) is 18.1 Å². The fourth-order valence-electron chi connectivity index (χ4n) is 3.66. The van der Waals surface area contributed by atoms with E-state index in [4.69, 9.17) is 21.1 Å². The Morgan fingerprint density at radius 3 is 2.42 bits per heavy atom. The van der Waals surface area contributed by atoms with Gasteiger partial charge >= 0.3 is 0 Å². The zero-order chi connectivity index (χ0) is 22.5. The Morgan fingerprint density at radius 1 is 1.13 bits per heavy atom. The molecule has 1 aliphatic rings. The number of ether oxygens (including phenoxy) is 2. The van der Waals surface area contributed by atoms with E-state index in [1.807, 2.05) is 31.2 Å². The molecule has 1 amide bonds. The quantitative estimate of drug-likeness (QED) is 0.372. The molecule has 164 valence electrons. The minimum absolute atomic E-state index is 0.0329. The van der Waals surface area contributed by atoms with Crippen molar-refractivity contribution in [1.29, 1.82) is 0 Å². The van der Waals surface area contributed by atoms with Gasteiger partial charge in [-0.2, -0.15) is 0 Å². The van der Waals surface area contributed by atoms with Crippen LogP contribution in [0.3, 0.4) is 0 Å². The van der Waals surface area contributed by atoms with E-state index in [9.17, 15) is 14.7 Å². The number of methoxy groups -OCH3 is 1. The van der Waals surface area contributed by atoms with Crippen molar-refractivity contribution in [2.24, 2.45) is 0 Å². The van der Waals surface area contributed by atoms with Crippen molar-refractivity contribution in [2.75, 3.05) is 26.9 Å². The standard InChI is InChI=1S/C24H26ClNO5/c1-4-15-6-8-16(9-7-15)21-20(23(28)24(29)26(21)12-13-30-3)22(27)17-10-11-19(31-5-2)18(25)14-17/h6-11,14,21,27H,4-5,12-13H2,1-3H3. The van der Waals surface area contributed by atoms with Gasteiger partial charge in [-0.3, -0.25) is 9.59 Å². The molecule has 0 saturated carbocycles. The van der Waals surface area contributed by atoms with Gasteiger partial charge < -0.3 is 19.5 Å². The molecule has 1 aliphatic heterocycles. The normalized spacial score (nSPS) is 17.9. The summed E-state index contributed by atoms with van der Waals surface area (Å²) in [7, 11) is 1.53. The third-order valence-corrected chi connectivity index (χ3v) is 5.58. The summed E-state index contributed by atoms with van der Waals surface area (Å²) in [6.45, 7) is 4.84. The average Bonchev–Trinajstić information content (AvgIpc) is 3.03. The predicted octanol–water partition coefficient (Wildman–Crippen LogP) is 4.37. The molecule has 1 heterocycles. The molecule has 6 nitrogen and oxygen atoms in total. The number of rotatable bonds is 8. The Morgan fingerprint density at radius 2 is 1.84 bits per heavy atom. The Balaban J connectivity index is 2.12. The number of nitrogens with zero attached hydrogens (tertiary/aromatic N) is 1. The lowest BCUT2D eigenvalue weighted by Crippen LogP contribution is -2.32. The van der Waals surface area contributed by atoms with E-state index in [0.717, 1.165) is 17.5 Å². The molecule has 31 heavy (non-hydrogen) atoms. The lowest BCUT2D eigenvalue weighted by molar-refractivity contribution is -0.140. The van der Waals surface area contributed by atoms with Crippen molar-refractivity contribution in [2.45, 2.75) is 26.3 Å². The Labute approximate surface area is 187 Å². The lowest BCUT2D eigenvalue weighted by atomic mass is 9.94. The molecule has 0 aliphatic carbocycles. The maximum absolute atomic E-state index is 12.9. The number of amides is 1. The first kappa shape index (κ1) is 22.8. The Kier molecular flexibility index (Phi) is 7.36. The first-order valence-electron chi connectivity index (χ1n) is 10.2. The van der Waals surface area contributed by atoms with Gasteiger partial charge in [-0.25, -0.2) is 0 Å². The number of carbonyl (C=O) groups is 2. The average molecular weight is 444 g/mol. The van der Waals surface area contributed by atoms with E-state index in [2.05, 4.69) is 6.92 Å². The van der Waals surface area contributed by atoms with Gasteiger partial charge in [-0.1, -0.05) is 42.8 Å². The SMILES string of the molecule is CCOc1ccc(C(O)=C2C(=O)C(=O)N(CCOC)C2c2ccc(CC)cc2)cc1Cl. The zero-order valence-electron chi connectivity index (χ0n) is 17.9. The summed E-state index contributed by atoms with van der Waals surface area (Å²) >= 11 is 6.27. The van der Waals surface area contributed by atoms with Gasteiger partial charge in [0.05, 0.1) is 29.9 Å². The van der Waals surface area contributed by atoms with E-state index >= 15 is 0 Å². The number of hydrogen-bond donors (Lipinski definition) is 1. The molecule has 1 unspecified atom stereocenters. The van der Waals surface area contributed by atoms with Crippen LogP contribution in [0, 0.1) is 0 Å². The molecular weight excluding hydrogens is 418 g/mol. The number of halogens is 1. The summed E-state index contributed by atoms with van der Waals surface area (Å²) in [5, 5.41) is 11.4. The monoisotopic (exact) mass is 443 g/mol. The van der Waals surface area contributed by atoms with Crippen LogP contribution in [-0.2, 0) is 20.7 Å².